The van der Waals surface area contributed by atoms with E-state index in [1.54, 1.807) is 6.20 Å². The van der Waals surface area contributed by atoms with Gasteiger partial charge in [-0.25, -0.2) is 15.0 Å². The lowest BCUT2D eigenvalue weighted by Gasteiger charge is -2.28. The second-order valence-electron chi connectivity index (χ2n) is 7.07. The van der Waals surface area contributed by atoms with E-state index in [9.17, 15) is 0 Å². The molecular weight excluding hydrogens is 370 g/mol. The molecule has 2 aliphatic heterocycles. The zero-order chi connectivity index (χ0) is 19.6. The Kier molecular flexibility index (Phi) is 4.78. The molecule has 0 amide bonds. The van der Waals surface area contributed by atoms with Crippen molar-refractivity contribution < 1.29 is 4.74 Å². The molecule has 0 atom stereocenters. The van der Waals surface area contributed by atoms with Crippen LogP contribution >= 0.6 is 0 Å². The fraction of sp³-hybridized carbons (Fsp3) is 0.421. The van der Waals surface area contributed by atoms with Crippen LogP contribution in [0.4, 0.5) is 17.6 Å². The van der Waals surface area contributed by atoms with E-state index in [1.807, 2.05) is 12.3 Å². The number of morpholine rings is 1. The summed E-state index contributed by atoms with van der Waals surface area (Å²) in [5, 5.41) is 3.36. The molecule has 0 aliphatic carbocycles. The third-order valence-electron chi connectivity index (χ3n) is 5.20. The Bertz CT molecular complexity index is 1020. The maximum absolute atomic E-state index is 5.92. The zero-order valence-electron chi connectivity index (χ0n) is 16.1. The third-order valence-corrected chi connectivity index (χ3v) is 5.20. The molecule has 3 aromatic heterocycles. The number of nitrogen functional groups attached to an aromatic ring is 1. The summed E-state index contributed by atoms with van der Waals surface area (Å²) in [7, 11) is 0. The van der Waals surface area contributed by atoms with Crippen LogP contribution < -0.4 is 20.9 Å². The fourth-order valence-corrected chi connectivity index (χ4v) is 3.69. The Morgan fingerprint density at radius 2 is 1.79 bits per heavy atom. The molecule has 3 N–H and O–H groups in total. The van der Waals surface area contributed by atoms with Gasteiger partial charge in [0.15, 0.2) is 17.0 Å². The predicted octanol–water partition coefficient (Wildman–Crippen LogP) is 0.310. The number of aromatic nitrogens is 5. The Morgan fingerprint density at radius 3 is 2.62 bits per heavy atom. The predicted molar refractivity (Wildman–Crippen MR) is 111 cm³/mol. The van der Waals surface area contributed by atoms with Crippen molar-refractivity contribution in [2.75, 3.05) is 68.0 Å². The molecule has 0 bridgehead atoms. The zero-order valence-corrected chi connectivity index (χ0v) is 16.1. The van der Waals surface area contributed by atoms with E-state index in [1.165, 1.54) is 0 Å². The molecule has 0 aromatic carbocycles. The van der Waals surface area contributed by atoms with Crippen LogP contribution in [0.25, 0.3) is 22.4 Å². The van der Waals surface area contributed by atoms with E-state index < -0.39 is 0 Å². The summed E-state index contributed by atoms with van der Waals surface area (Å²) in [6, 6.07) is 4.02. The minimum Gasteiger partial charge on any atom is -0.378 e. The van der Waals surface area contributed by atoms with Crippen LogP contribution in [0.3, 0.4) is 0 Å². The van der Waals surface area contributed by atoms with Crippen LogP contribution in [0.1, 0.15) is 0 Å². The molecule has 0 radical (unpaired) electrons. The Hall–Kier alpha value is -3.11. The molecule has 5 heterocycles. The van der Waals surface area contributed by atoms with Crippen molar-refractivity contribution in [3.05, 3.63) is 24.5 Å². The Balaban J connectivity index is 1.55. The van der Waals surface area contributed by atoms with E-state index >= 15 is 0 Å². The van der Waals surface area contributed by atoms with Crippen LogP contribution in [0, 0.1) is 0 Å². The molecule has 2 saturated heterocycles. The number of fused-ring (bicyclic) bond motifs is 1. The summed E-state index contributed by atoms with van der Waals surface area (Å²) >= 11 is 0. The molecule has 2 fully saturated rings. The minimum absolute atomic E-state index is 0.200. The molecule has 0 unspecified atom stereocenters. The van der Waals surface area contributed by atoms with Crippen molar-refractivity contribution >= 4 is 28.7 Å². The molecular formula is C19H23N9O. The van der Waals surface area contributed by atoms with Crippen molar-refractivity contribution in [2.24, 2.45) is 0 Å². The van der Waals surface area contributed by atoms with E-state index in [0.29, 0.717) is 30.2 Å². The van der Waals surface area contributed by atoms with E-state index in [0.717, 1.165) is 56.3 Å². The van der Waals surface area contributed by atoms with Gasteiger partial charge in [-0.1, -0.05) is 0 Å². The summed E-state index contributed by atoms with van der Waals surface area (Å²) in [4.78, 5) is 27.0. The van der Waals surface area contributed by atoms with Gasteiger partial charge >= 0.3 is 0 Å². The summed E-state index contributed by atoms with van der Waals surface area (Å²) in [6.45, 7) is 6.57. The normalized spacial score (nSPS) is 17.7. The van der Waals surface area contributed by atoms with Gasteiger partial charge in [0.2, 0.25) is 5.95 Å². The highest BCUT2D eigenvalue weighted by Gasteiger charge is 2.20. The number of ether oxygens (including phenoxy) is 1. The SMILES string of the molecule is Nc1nc(N2CCOCC2)c2nc(-c3ccnc(N4CCNCC4)c3)cnc2n1. The highest BCUT2D eigenvalue weighted by Crippen LogP contribution is 2.27. The lowest BCUT2D eigenvalue weighted by molar-refractivity contribution is 0.122. The van der Waals surface area contributed by atoms with Crippen LogP contribution in [-0.2, 0) is 4.74 Å². The first-order chi connectivity index (χ1) is 14.3. The average Bonchev–Trinajstić information content (AvgIpc) is 2.79. The summed E-state index contributed by atoms with van der Waals surface area (Å²) in [5.41, 5.74) is 8.80. The molecule has 0 saturated carbocycles. The molecule has 10 heteroatoms. The smallest absolute Gasteiger partial charge is 0.224 e. The highest BCUT2D eigenvalue weighted by molar-refractivity contribution is 5.85. The van der Waals surface area contributed by atoms with Gasteiger partial charge in [-0.2, -0.15) is 9.97 Å². The molecule has 10 nitrogen and oxygen atoms in total. The lowest BCUT2D eigenvalue weighted by Crippen LogP contribution is -2.43. The quantitative estimate of drug-likeness (QED) is 0.643. The summed E-state index contributed by atoms with van der Waals surface area (Å²) in [6.07, 6.45) is 3.55. The molecule has 29 heavy (non-hydrogen) atoms. The molecule has 5 rings (SSSR count). The highest BCUT2D eigenvalue weighted by atomic mass is 16.5. The number of nitrogens with two attached hydrogens (primary N) is 1. The van der Waals surface area contributed by atoms with Gasteiger partial charge in [-0.15, -0.1) is 0 Å². The van der Waals surface area contributed by atoms with Gasteiger partial charge in [0.05, 0.1) is 25.1 Å². The largest absolute Gasteiger partial charge is 0.378 e. The standard InChI is InChI=1S/C19H23N9O/c20-19-25-17-16(18(26-19)28-7-9-29-10-8-28)24-14(12-23-17)13-1-2-22-15(11-13)27-5-3-21-4-6-27/h1-2,11-12,21H,3-10H2,(H2,20,23,25,26). The van der Waals surface area contributed by atoms with Gasteiger partial charge in [-0.3, -0.25) is 0 Å². The first kappa shape index (κ1) is 18.0. The molecule has 3 aromatic rings. The van der Waals surface area contributed by atoms with Crippen molar-refractivity contribution in [3.63, 3.8) is 0 Å². The molecule has 150 valence electrons. The van der Waals surface area contributed by atoms with Crippen molar-refractivity contribution in [3.8, 4) is 11.3 Å². The Morgan fingerprint density at radius 1 is 0.966 bits per heavy atom. The fourth-order valence-electron chi connectivity index (χ4n) is 3.69. The number of hydrogen-bond acceptors (Lipinski definition) is 10. The monoisotopic (exact) mass is 393 g/mol. The maximum atomic E-state index is 5.92. The number of piperazine rings is 1. The number of hydrogen-bond donors (Lipinski definition) is 2. The summed E-state index contributed by atoms with van der Waals surface area (Å²) < 4.78 is 5.46. The van der Waals surface area contributed by atoms with Gasteiger partial charge in [-0.05, 0) is 12.1 Å². The maximum Gasteiger partial charge on any atom is 0.224 e. The number of nitrogens with zero attached hydrogens (tertiary/aromatic N) is 7. The first-order valence-corrected chi connectivity index (χ1v) is 9.83. The van der Waals surface area contributed by atoms with Crippen LogP contribution in [0.15, 0.2) is 24.5 Å². The lowest BCUT2D eigenvalue weighted by atomic mass is 10.2. The van der Waals surface area contributed by atoms with E-state index in [4.69, 9.17) is 15.5 Å². The topological polar surface area (TPSA) is 118 Å². The van der Waals surface area contributed by atoms with Crippen molar-refractivity contribution in [1.82, 2.24) is 30.2 Å². The number of rotatable bonds is 3. The van der Waals surface area contributed by atoms with Crippen molar-refractivity contribution in [2.45, 2.75) is 0 Å². The van der Waals surface area contributed by atoms with Gasteiger partial charge in [0.25, 0.3) is 0 Å². The second-order valence-corrected chi connectivity index (χ2v) is 7.07. The Labute approximate surface area is 168 Å². The van der Waals surface area contributed by atoms with Crippen LogP contribution in [0.2, 0.25) is 0 Å². The van der Waals surface area contributed by atoms with E-state index in [2.05, 4.69) is 41.1 Å². The van der Waals surface area contributed by atoms with Gasteiger partial charge in [0.1, 0.15) is 5.82 Å². The minimum atomic E-state index is 0.200. The van der Waals surface area contributed by atoms with Gasteiger partial charge in [0, 0.05) is 51.0 Å². The summed E-state index contributed by atoms with van der Waals surface area (Å²) in [5.74, 6) is 1.86. The van der Waals surface area contributed by atoms with Crippen molar-refractivity contribution in [1.29, 1.82) is 0 Å². The van der Waals surface area contributed by atoms with Crippen LogP contribution in [0.5, 0.6) is 0 Å². The van der Waals surface area contributed by atoms with Crippen LogP contribution in [-0.4, -0.2) is 77.4 Å². The molecule has 0 spiro atoms. The average molecular weight is 393 g/mol. The third kappa shape index (κ3) is 3.64. The van der Waals surface area contributed by atoms with Gasteiger partial charge < -0.3 is 25.6 Å². The number of anilines is 3. The molecule has 2 aliphatic rings. The number of pyridine rings is 1. The number of nitrogens with one attached hydrogen (secondary N) is 1. The second kappa shape index (κ2) is 7.72. The first-order valence-electron chi connectivity index (χ1n) is 9.83. The van der Waals surface area contributed by atoms with E-state index in [-0.39, 0.29) is 5.95 Å².